The molecule has 7 heteroatoms. The van der Waals surface area contributed by atoms with E-state index in [1.807, 2.05) is 6.92 Å². The van der Waals surface area contributed by atoms with Gasteiger partial charge in [-0.3, -0.25) is 4.72 Å². The van der Waals surface area contributed by atoms with Gasteiger partial charge in [-0.2, -0.15) is 0 Å². The van der Waals surface area contributed by atoms with Gasteiger partial charge in [-0.1, -0.05) is 15.9 Å². The highest BCUT2D eigenvalue weighted by Crippen LogP contribution is 2.25. The van der Waals surface area contributed by atoms with Crippen LogP contribution in [0.1, 0.15) is 12.5 Å². The summed E-state index contributed by atoms with van der Waals surface area (Å²) >= 11 is 3.26. The van der Waals surface area contributed by atoms with Crippen molar-refractivity contribution in [3.63, 3.8) is 0 Å². The third-order valence-electron chi connectivity index (χ3n) is 2.91. The molecule has 0 aliphatic heterocycles. The quantitative estimate of drug-likeness (QED) is 0.800. The Labute approximate surface area is 138 Å². The van der Waals surface area contributed by atoms with Crippen LogP contribution >= 0.6 is 15.9 Å². The summed E-state index contributed by atoms with van der Waals surface area (Å²) in [5.74, 6) is 0.539. The lowest BCUT2D eigenvalue weighted by atomic mass is 10.2. The first-order chi connectivity index (χ1) is 10.5. The highest BCUT2D eigenvalue weighted by Gasteiger charge is 2.15. The molecule has 0 heterocycles. The monoisotopic (exact) mass is 385 g/mol. The van der Waals surface area contributed by atoms with Gasteiger partial charge in [0.25, 0.3) is 10.0 Å². The molecule has 0 saturated carbocycles. The number of nitrogens with one attached hydrogen (secondary N) is 1. The van der Waals surface area contributed by atoms with E-state index in [2.05, 4.69) is 20.7 Å². The molecule has 0 fully saturated rings. The van der Waals surface area contributed by atoms with E-state index in [4.69, 9.17) is 4.74 Å². The van der Waals surface area contributed by atoms with Gasteiger partial charge in [0, 0.05) is 15.7 Å². The number of hydrogen-bond acceptors (Lipinski definition) is 4. The molecule has 0 saturated heterocycles. The number of sulfonamides is 1. The van der Waals surface area contributed by atoms with E-state index < -0.39 is 10.0 Å². The Bertz CT molecular complexity index is 745. The summed E-state index contributed by atoms with van der Waals surface area (Å²) < 4.78 is 33.3. The van der Waals surface area contributed by atoms with Crippen LogP contribution in [0.4, 0.5) is 5.69 Å². The van der Waals surface area contributed by atoms with Crippen LogP contribution in [-0.2, 0) is 16.6 Å². The molecule has 2 rings (SSSR count). The predicted octanol–water partition coefficient (Wildman–Crippen LogP) is 3.14. The zero-order valence-electron chi connectivity index (χ0n) is 11.9. The summed E-state index contributed by atoms with van der Waals surface area (Å²) in [5.41, 5.74) is 0.897. The van der Waals surface area contributed by atoms with Crippen molar-refractivity contribution in [1.29, 1.82) is 0 Å². The molecule has 0 radical (unpaired) electrons. The van der Waals surface area contributed by atoms with E-state index in [1.54, 1.807) is 30.3 Å². The summed E-state index contributed by atoms with van der Waals surface area (Å²) in [6.07, 6.45) is 0. The third kappa shape index (κ3) is 4.00. The van der Waals surface area contributed by atoms with Crippen LogP contribution in [0.15, 0.2) is 51.8 Å². The lowest BCUT2D eigenvalue weighted by Gasteiger charge is -2.12. The number of anilines is 1. The Morgan fingerprint density at radius 1 is 1.18 bits per heavy atom. The van der Waals surface area contributed by atoms with E-state index in [-0.39, 0.29) is 11.5 Å². The van der Waals surface area contributed by atoms with E-state index >= 15 is 0 Å². The Kier molecular flexibility index (Phi) is 5.44. The first-order valence-electron chi connectivity index (χ1n) is 6.61. The highest BCUT2D eigenvalue weighted by molar-refractivity contribution is 9.10. The van der Waals surface area contributed by atoms with Gasteiger partial charge in [-0.05, 0) is 49.4 Å². The van der Waals surface area contributed by atoms with E-state index in [0.29, 0.717) is 23.6 Å². The average Bonchev–Trinajstić information content (AvgIpc) is 2.49. The van der Waals surface area contributed by atoms with Crippen LogP contribution in [0.3, 0.4) is 0 Å². The topological polar surface area (TPSA) is 75.6 Å². The molecule has 118 valence electrons. The van der Waals surface area contributed by atoms with Crippen LogP contribution in [-0.4, -0.2) is 20.1 Å². The summed E-state index contributed by atoms with van der Waals surface area (Å²) in [6.45, 7) is 2.07. The minimum absolute atomic E-state index is 0.162. The number of aliphatic hydroxyl groups is 1. The van der Waals surface area contributed by atoms with Crippen molar-refractivity contribution in [2.24, 2.45) is 0 Å². The average molecular weight is 386 g/mol. The van der Waals surface area contributed by atoms with Crippen molar-refractivity contribution in [3.8, 4) is 5.75 Å². The fourth-order valence-electron chi connectivity index (χ4n) is 1.89. The second-order valence-electron chi connectivity index (χ2n) is 4.47. The second kappa shape index (κ2) is 7.13. The first-order valence-corrected chi connectivity index (χ1v) is 8.89. The lowest BCUT2D eigenvalue weighted by molar-refractivity contribution is 0.267. The van der Waals surface area contributed by atoms with E-state index in [0.717, 1.165) is 4.47 Å². The van der Waals surface area contributed by atoms with Gasteiger partial charge < -0.3 is 9.84 Å². The van der Waals surface area contributed by atoms with Crippen LogP contribution < -0.4 is 9.46 Å². The van der Waals surface area contributed by atoms with Gasteiger partial charge in [-0.25, -0.2) is 8.42 Å². The maximum Gasteiger partial charge on any atom is 0.261 e. The summed E-state index contributed by atoms with van der Waals surface area (Å²) in [5, 5.41) is 9.35. The number of ether oxygens (including phenoxy) is 1. The van der Waals surface area contributed by atoms with Crippen molar-refractivity contribution < 1.29 is 18.3 Å². The SMILES string of the molecule is CCOc1ccc(NS(=O)(=O)c2ccc(Br)cc2)cc1CO. The number of aliphatic hydroxyl groups excluding tert-OH is 1. The van der Waals surface area contributed by atoms with Gasteiger partial charge in [0.2, 0.25) is 0 Å². The predicted molar refractivity (Wildman–Crippen MR) is 88.5 cm³/mol. The zero-order chi connectivity index (χ0) is 16.2. The molecule has 0 bridgehead atoms. The molecule has 0 aliphatic carbocycles. The largest absolute Gasteiger partial charge is 0.494 e. The number of rotatable bonds is 6. The fraction of sp³-hybridized carbons (Fsp3) is 0.200. The molecular weight excluding hydrogens is 370 g/mol. The van der Waals surface area contributed by atoms with Gasteiger partial charge in [0.1, 0.15) is 5.75 Å². The van der Waals surface area contributed by atoms with Gasteiger partial charge in [-0.15, -0.1) is 0 Å². The maximum absolute atomic E-state index is 12.3. The molecular formula is C15H16BrNO4S. The van der Waals surface area contributed by atoms with Gasteiger partial charge >= 0.3 is 0 Å². The minimum atomic E-state index is -3.67. The molecule has 5 nitrogen and oxygen atoms in total. The van der Waals surface area contributed by atoms with Crippen LogP contribution in [0.25, 0.3) is 0 Å². The Hall–Kier alpha value is -1.57. The molecule has 0 amide bonds. The number of halogens is 1. The highest BCUT2D eigenvalue weighted by atomic mass is 79.9. The Morgan fingerprint density at radius 2 is 1.86 bits per heavy atom. The number of benzene rings is 2. The maximum atomic E-state index is 12.3. The fourth-order valence-corrected chi connectivity index (χ4v) is 3.20. The molecule has 2 N–H and O–H groups in total. The Balaban J connectivity index is 2.27. The molecule has 2 aromatic carbocycles. The smallest absolute Gasteiger partial charge is 0.261 e. The van der Waals surface area contributed by atoms with Crippen LogP contribution in [0.5, 0.6) is 5.75 Å². The molecule has 2 aromatic rings. The van der Waals surface area contributed by atoms with E-state index in [1.165, 1.54) is 12.1 Å². The Morgan fingerprint density at radius 3 is 2.45 bits per heavy atom. The molecule has 22 heavy (non-hydrogen) atoms. The summed E-state index contributed by atoms with van der Waals surface area (Å²) in [7, 11) is -3.67. The molecule has 0 atom stereocenters. The van der Waals surface area contributed by atoms with Gasteiger partial charge in [0.05, 0.1) is 18.1 Å². The van der Waals surface area contributed by atoms with Crippen LogP contribution in [0, 0.1) is 0 Å². The van der Waals surface area contributed by atoms with Crippen molar-refractivity contribution >= 4 is 31.6 Å². The van der Waals surface area contributed by atoms with Crippen molar-refractivity contribution in [3.05, 3.63) is 52.5 Å². The van der Waals surface area contributed by atoms with Crippen LogP contribution in [0.2, 0.25) is 0 Å². The molecule has 0 unspecified atom stereocenters. The molecule has 0 aromatic heterocycles. The van der Waals surface area contributed by atoms with Crippen molar-refractivity contribution in [2.75, 3.05) is 11.3 Å². The standard InChI is InChI=1S/C15H16BrNO4S/c1-2-21-15-8-5-13(9-11(15)10-18)17-22(19,20)14-6-3-12(16)4-7-14/h3-9,17-18H,2,10H2,1H3. The van der Waals surface area contributed by atoms with Gasteiger partial charge in [0.15, 0.2) is 0 Å². The summed E-state index contributed by atoms with van der Waals surface area (Å²) in [4.78, 5) is 0.162. The van der Waals surface area contributed by atoms with Crippen molar-refractivity contribution in [2.45, 2.75) is 18.4 Å². The normalized spacial score (nSPS) is 11.2. The molecule has 0 aliphatic rings. The number of hydrogen-bond donors (Lipinski definition) is 2. The second-order valence-corrected chi connectivity index (χ2v) is 7.07. The zero-order valence-corrected chi connectivity index (χ0v) is 14.3. The van der Waals surface area contributed by atoms with E-state index in [9.17, 15) is 13.5 Å². The third-order valence-corrected chi connectivity index (χ3v) is 4.83. The first kappa shape index (κ1) is 16.8. The minimum Gasteiger partial charge on any atom is -0.494 e. The molecule has 0 spiro atoms. The van der Waals surface area contributed by atoms with Crippen molar-refractivity contribution in [1.82, 2.24) is 0 Å². The lowest BCUT2D eigenvalue weighted by Crippen LogP contribution is -2.13. The summed E-state index contributed by atoms with van der Waals surface area (Å²) in [6, 6.07) is 11.1.